The van der Waals surface area contributed by atoms with E-state index >= 15 is 0 Å². The number of benzene rings is 1. The number of aliphatic hydroxyl groups excluding tert-OH is 1. The first-order chi connectivity index (χ1) is 10.1. The van der Waals surface area contributed by atoms with E-state index in [1.807, 2.05) is 24.3 Å². The molecular formula is C17H25NO3. The van der Waals surface area contributed by atoms with Crippen molar-refractivity contribution in [1.82, 2.24) is 4.90 Å². The lowest BCUT2D eigenvalue weighted by Crippen LogP contribution is -2.35. The van der Waals surface area contributed by atoms with Gasteiger partial charge >= 0.3 is 5.97 Å². The number of carboxylic acids is 1. The summed E-state index contributed by atoms with van der Waals surface area (Å²) in [6.45, 7) is 5.05. The zero-order valence-corrected chi connectivity index (χ0v) is 12.7. The molecule has 2 rings (SSSR count). The van der Waals surface area contributed by atoms with Gasteiger partial charge in [-0.15, -0.1) is 0 Å². The molecule has 4 nitrogen and oxygen atoms in total. The lowest BCUT2D eigenvalue weighted by Gasteiger charge is -2.32. The standard InChI is InChI=1S/C17H25NO3/c1-13(17(20)21)16-6-4-15(5-7-16)12-18-9-2-3-14(11-18)8-10-19/h4-7,13-14,19H,2-3,8-12H2,1H3,(H,20,21). The third-order valence-corrected chi connectivity index (χ3v) is 4.40. The number of aliphatic hydroxyl groups is 1. The van der Waals surface area contributed by atoms with E-state index in [9.17, 15) is 4.79 Å². The topological polar surface area (TPSA) is 60.8 Å². The average molecular weight is 291 g/mol. The molecule has 0 saturated carbocycles. The van der Waals surface area contributed by atoms with Crippen molar-refractivity contribution in [3.8, 4) is 0 Å². The second-order valence-electron chi connectivity index (χ2n) is 6.06. The first-order valence-corrected chi connectivity index (χ1v) is 7.75. The molecule has 1 aromatic carbocycles. The Labute approximate surface area is 126 Å². The average Bonchev–Trinajstić information content (AvgIpc) is 2.48. The maximum absolute atomic E-state index is 11.0. The van der Waals surface area contributed by atoms with Gasteiger partial charge in [0.05, 0.1) is 5.92 Å². The van der Waals surface area contributed by atoms with Crippen molar-refractivity contribution in [2.24, 2.45) is 5.92 Å². The Bertz CT molecular complexity index is 456. The normalized spacial score (nSPS) is 21.1. The Balaban J connectivity index is 1.92. The molecule has 2 unspecified atom stereocenters. The minimum Gasteiger partial charge on any atom is -0.481 e. The van der Waals surface area contributed by atoms with Crippen molar-refractivity contribution in [3.05, 3.63) is 35.4 Å². The van der Waals surface area contributed by atoms with Gasteiger partial charge in [0.2, 0.25) is 0 Å². The summed E-state index contributed by atoms with van der Waals surface area (Å²) in [7, 11) is 0. The molecule has 0 bridgehead atoms. The first-order valence-electron chi connectivity index (χ1n) is 7.75. The van der Waals surface area contributed by atoms with Crippen molar-refractivity contribution >= 4 is 5.97 Å². The van der Waals surface area contributed by atoms with Crippen molar-refractivity contribution in [1.29, 1.82) is 0 Å². The number of hydrogen-bond acceptors (Lipinski definition) is 3. The van der Waals surface area contributed by atoms with E-state index in [0.717, 1.165) is 31.6 Å². The van der Waals surface area contributed by atoms with Crippen molar-refractivity contribution in [3.63, 3.8) is 0 Å². The van der Waals surface area contributed by atoms with Crippen LogP contribution >= 0.6 is 0 Å². The van der Waals surface area contributed by atoms with Crippen LogP contribution in [0.15, 0.2) is 24.3 Å². The maximum atomic E-state index is 11.0. The van der Waals surface area contributed by atoms with Crippen LogP contribution < -0.4 is 0 Å². The van der Waals surface area contributed by atoms with E-state index in [0.29, 0.717) is 5.92 Å². The molecule has 1 aromatic rings. The summed E-state index contributed by atoms with van der Waals surface area (Å²) in [6.07, 6.45) is 3.30. The highest BCUT2D eigenvalue weighted by molar-refractivity contribution is 5.75. The van der Waals surface area contributed by atoms with Crippen LogP contribution in [0.1, 0.15) is 43.2 Å². The Morgan fingerprint density at radius 2 is 2.10 bits per heavy atom. The Morgan fingerprint density at radius 3 is 2.71 bits per heavy atom. The van der Waals surface area contributed by atoms with Gasteiger partial charge in [-0.2, -0.15) is 0 Å². The van der Waals surface area contributed by atoms with Gasteiger partial charge < -0.3 is 10.2 Å². The highest BCUT2D eigenvalue weighted by Gasteiger charge is 2.19. The van der Waals surface area contributed by atoms with Crippen molar-refractivity contribution in [2.75, 3.05) is 19.7 Å². The number of rotatable bonds is 6. The molecule has 0 aromatic heterocycles. The molecule has 0 radical (unpaired) electrons. The van der Waals surface area contributed by atoms with E-state index in [-0.39, 0.29) is 6.61 Å². The first kappa shape index (κ1) is 16.0. The third kappa shape index (κ3) is 4.55. The summed E-state index contributed by atoms with van der Waals surface area (Å²) in [6, 6.07) is 7.90. The lowest BCUT2D eigenvalue weighted by molar-refractivity contribution is -0.138. The summed E-state index contributed by atoms with van der Waals surface area (Å²) >= 11 is 0. The van der Waals surface area contributed by atoms with Crippen LogP contribution in [0.2, 0.25) is 0 Å². The van der Waals surface area contributed by atoms with Gasteiger partial charge in [-0.1, -0.05) is 24.3 Å². The molecule has 1 aliphatic rings. The Morgan fingerprint density at radius 1 is 1.38 bits per heavy atom. The minimum atomic E-state index is -0.786. The zero-order chi connectivity index (χ0) is 15.2. The van der Waals surface area contributed by atoms with Crippen LogP contribution in [0, 0.1) is 5.92 Å². The summed E-state index contributed by atoms with van der Waals surface area (Å²) in [4.78, 5) is 13.4. The van der Waals surface area contributed by atoms with Gasteiger partial charge in [0.15, 0.2) is 0 Å². The second-order valence-corrected chi connectivity index (χ2v) is 6.06. The van der Waals surface area contributed by atoms with Gasteiger partial charge in [0.25, 0.3) is 0 Å². The molecule has 116 valence electrons. The molecule has 2 N–H and O–H groups in total. The SMILES string of the molecule is CC(C(=O)O)c1ccc(CN2CCCC(CCO)C2)cc1. The zero-order valence-electron chi connectivity index (χ0n) is 12.7. The number of nitrogens with zero attached hydrogens (tertiary/aromatic N) is 1. The molecular weight excluding hydrogens is 266 g/mol. The van der Waals surface area contributed by atoms with E-state index < -0.39 is 11.9 Å². The number of hydrogen-bond donors (Lipinski definition) is 2. The van der Waals surface area contributed by atoms with Gasteiger partial charge in [0.1, 0.15) is 0 Å². The molecule has 0 amide bonds. The molecule has 2 atom stereocenters. The summed E-state index contributed by atoms with van der Waals surface area (Å²) < 4.78 is 0. The molecule has 0 aliphatic carbocycles. The van der Waals surface area contributed by atoms with Crippen molar-refractivity contribution in [2.45, 2.75) is 38.6 Å². The second kappa shape index (κ2) is 7.57. The Kier molecular flexibility index (Phi) is 5.76. The smallest absolute Gasteiger partial charge is 0.310 e. The molecule has 0 spiro atoms. The van der Waals surface area contributed by atoms with Gasteiger partial charge in [0, 0.05) is 19.7 Å². The Hall–Kier alpha value is -1.39. The molecule has 21 heavy (non-hydrogen) atoms. The fraction of sp³-hybridized carbons (Fsp3) is 0.588. The van der Waals surface area contributed by atoms with Crippen LogP contribution in [0.5, 0.6) is 0 Å². The van der Waals surface area contributed by atoms with E-state index in [4.69, 9.17) is 10.2 Å². The number of carboxylic acid groups (broad SMARTS) is 1. The van der Waals surface area contributed by atoms with E-state index in [1.165, 1.54) is 18.4 Å². The van der Waals surface area contributed by atoms with E-state index in [2.05, 4.69) is 4.90 Å². The third-order valence-electron chi connectivity index (χ3n) is 4.40. The predicted octanol–water partition coefficient (Wildman–Crippen LogP) is 2.47. The van der Waals surface area contributed by atoms with Gasteiger partial charge in [-0.25, -0.2) is 0 Å². The van der Waals surface area contributed by atoms with Crippen LogP contribution in [-0.2, 0) is 11.3 Å². The quantitative estimate of drug-likeness (QED) is 0.845. The predicted molar refractivity (Wildman–Crippen MR) is 82.2 cm³/mol. The van der Waals surface area contributed by atoms with Crippen LogP contribution in [0.3, 0.4) is 0 Å². The minimum absolute atomic E-state index is 0.278. The number of likely N-dealkylation sites (tertiary alicyclic amines) is 1. The molecule has 1 aliphatic heterocycles. The number of carbonyl (C=O) groups is 1. The fourth-order valence-electron chi connectivity index (χ4n) is 3.03. The molecule has 4 heteroatoms. The molecule has 1 fully saturated rings. The fourth-order valence-corrected chi connectivity index (χ4v) is 3.03. The van der Waals surface area contributed by atoms with Crippen LogP contribution in [0.4, 0.5) is 0 Å². The van der Waals surface area contributed by atoms with Gasteiger partial charge in [-0.05, 0) is 49.8 Å². The maximum Gasteiger partial charge on any atom is 0.310 e. The summed E-state index contributed by atoms with van der Waals surface area (Å²) in [5.74, 6) is -0.636. The largest absolute Gasteiger partial charge is 0.481 e. The molecule has 1 heterocycles. The number of piperidine rings is 1. The monoisotopic (exact) mass is 291 g/mol. The summed E-state index contributed by atoms with van der Waals surface area (Å²) in [5.41, 5.74) is 2.07. The number of aliphatic carboxylic acids is 1. The lowest BCUT2D eigenvalue weighted by atomic mass is 9.94. The molecule has 1 saturated heterocycles. The van der Waals surface area contributed by atoms with Gasteiger partial charge in [-0.3, -0.25) is 9.69 Å². The van der Waals surface area contributed by atoms with Crippen molar-refractivity contribution < 1.29 is 15.0 Å². The van der Waals surface area contributed by atoms with E-state index in [1.54, 1.807) is 6.92 Å². The van der Waals surface area contributed by atoms with Crippen LogP contribution in [0.25, 0.3) is 0 Å². The highest BCUT2D eigenvalue weighted by atomic mass is 16.4. The highest BCUT2D eigenvalue weighted by Crippen LogP contribution is 2.22. The van der Waals surface area contributed by atoms with Crippen LogP contribution in [-0.4, -0.2) is 40.8 Å². The summed E-state index contributed by atoms with van der Waals surface area (Å²) in [5, 5.41) is 18.1.